The van der Waals surface area contributed by atoms with E-state index in [9.17, 15) is 0 Å². The van der Waals surface area contributed by atoms with Crippen molar-refractivity contribution < 1.29 is 0 Å². The molecular formula is C18H24N2S. The van der Waals surface area contributed by atoms with Gasteiger partial charge in [-0.15, -0.1) is 11.3 Å². The monoisotopic (exact) mass is 300 g/mol. The number of hydrogen-bond acceptors (Lipinski definition) is 3. The number of thiophene rings is 1. The minimum absolute atomic E-state index is 0.363. The van der Waals surface area contributed by atoms with Gasteiger partial charge < -0.3 is 10.2 Å². The summed E-state index contributed by atoms with van der Waals surface area (Å²) >= 11 is 2.00. The van der Waals surface area contributed by atoms with E-state index in [1.807, 2.05) is 11.3 Å². The number of rotatable bonds is 4. The van der Waals surface area contributed by atoms with Crippen LogP contribution in [0.3, 0.4) is 0 Å². The maximum atomic E-state index is 3.69. The summed E-state index contributed by atoms with van der Waals surface area (Å²) in [6.45, 7) is 2.27. The largest absolute Gasteiger partial charge is 0.376 e. The zero-order valence-corrected chi connectivity index (χ0v) is 14.0. The van der Waals surface area contributed by atoms with Crippen LogP contribution in [0.1, 0.15) is 41.1 Å². The van der Waals surface area contributed by atoms with Gasteiger partial charge in [-0.05, 0) is 56.4 Å². The molecule has 2 aromatic rings. The van der Waals surface area contributed by atoms with Gasteiger partial charge in [-0.3, -0.25) is 0 Å². The SMILES string of the molecule is CC(Nc1ccccc1N(C)C)c1cc2c(s1)CCCC2. The Morgan fingerprint density at radius 3 is 2.67 bits per heavy atom. The van der Waals surface area contributed by atoms with Crippen LogP contribution in [0.5, 0.6) is 0 Å². The Kier molecular flexibility index (Phi) is 4.20. The summed E-state index contributed by atoms with van der Waals surface area (Å²) < 4.78 is 0. The molecule has 1 aromatic carbocycles. The number of nitrogens with one attached hydrogen (secondary N) is 1. The van der Waals surface area contributed by atoms with Crippen LogP contribution in [0.15, 0.2) is 30.3 Å². The van der Waals surface area contributed by atoms with Crippen LogP contribution in [0.2, 0.25) is 0 Å². The molecule has 3 heteroatoms. The van der Waals surface area contributed by atoms with Gasteiger partial charge in [-0.1, -0.05) is 12.1 Å². The molecule has 0 fully saturated rings. The lowest BCUT2D eigenvalue weighted by molar-refractivity contribution is 0.696. The molecule has 3 rings (SSSR count). The summed E-state index contributed by atoms with van der Waals surface area (Å²) in [7, 11) is 4.18. The number of benzene rings is 1. The Hall–Kier alpha value is -1.48. The standard InChI is InChI=1S/C18H24N2S/c1-13(18-12-14-8-4-7-11-17(14)21-18)19-15-9-5-6-10-16(15)20(2)3/h5-6,9-10,12-13,19H,4,7-8,11H2,1-3H3. The second-order valence-electron chi connectivity index (χ2n) is 6.08. The van der Waals surface area contributed by atoms with Crippen LogP contribution < -0.4 is 10.2 Å². The number of nitrogens with zero attached hydrogens (tertiary/aromatic N) is 1. The number of anilines is 2. The van der Waals surface area contributed by atoms with Crippen LogP contribution in [0, 0.1) is 0 Å². The first-order valence-corrected chi connectivity index (χ1v) is 8.61. The fraction of sp³-hybridized carbons (Fsp3) is 0.444. The Balaban J connectivity index is 1.80. The third-order valence-corrected chi connectivity index (χ3v) is 5.62. The minimum atomic E-state index is 0.363. The zero-order valence-electron chi connectivity index (χ0n) is 13.1. The lowest BCUT2D eigenvalue weighted by atomic mass is 9.99. The highest BCUT2D eigenvalue weighted by atomic mass is 32.1. The minimum Gasteiger partial charge on any atom is -0.376 e. The molecule has 1 atom stereocenters. The first-order chi connectivity index (χ1) is 10.1. The van der Waals surface area contributed by atoms with E-state index in [2.05, 4.69) is 61.6 Å². The Labute approximate surface area is 131 Å². The number of para-hydroxylation sites is 2. The van der Waals surface area contributed by atoms with Crippen molar-refractivity contribution in [2.45, 2.75) is 38.6 Å². The van der Waals surface area contributed by atoms with Crippen molar-refractivity contribution in [2.75, 3.05) is 24.3 Å². The highest BCUT2D eigenvalue weighted by molar-refractivity contribution is 7.12. The molecule has 21 heavy (non-hydrogen) atoms. The molecule has 0 radical (unpaired) electrons. The van der Waals surface area contributed by atoms with Crippen LogP contribution in [-0.4, -0.2) is 14.1 Å². The van der Waals surface area contributed by atoms with Crippen molar-refractivity contribution in [1.29, 1.82) is 0 Å². The second kappa shape index (κ2) is 6.10. The van der Waals surface area contributed by atoms with E-state index >= 15 is 0 Å². The summed E-state index contributed by atoms with van der Waals surface area (Å²) in [5.41, 5.74) is 4.04. The molecule has 1 aliphatic carbocycles. The molecule has 0 aliphatic heterocycles. The number of aryl methyl sites for hydroxylation is 2. The van der Waals surface area contributed by atoms with Gasteiger partial charge in [-0.25, -0.2) is 0 Å². The maximum absolute atomic E-state index is 3.69. The normalized spacial score (nSPS) is 15.4. The van der Waals surface area contributed by atoms with E-state index in [1.54, 1.807) is 10.4 Å². The number of hydrogen-bond donors (Lipinski definition) is 1. The topological polar surface area (TPSA) is 15.3 Å². The highest BCUT2D eigenvalue weighted by Gasteiger charge is 2.17. The zero-order chi connectivity index (χ0) is 14.8. The quantitative estimate of drug-likeness (QED) is 0.867. The van der Waals surface area contributed by atoms with Gasteiger partial charge in [-0.2, -0.15) is 0 Å². The third kappa shape index (κ3) is 3.08. The summed E-state index contributed by atoms with van der Waals surface area (Å²) in [5, 5.41) is 3.69. The molecule has 0 amide bonds. The highest BCUT2D eigenvalue weighted by Crippen LogP contribution is 2.35. The fourth-order valence-electron chi connectivity index (χ4n) is 3.02. The second-order valence-corrected chi connectivity index (χ2v) is 7.25. The van der Waals surface area contributed by atoms with E-state index in [-0.39, 0.29) is 0 Å². The predicted molar refractivity (Wildman–Crippen MR) is 93.8 cm³/mol. The summed E-state index contributed by atoms with van der Waals surface area (Å²) in [4.78, 5) is 5.25. The lowest BCUT2D eigenvalue weighted by Gasteiger charge is -2.21. The van der Waals surface area contributed by atoms with Crippen molar-refractivity contribution in [2.24, 2.45) is 0 Å². The van der Waals surface area contributed by atoms with E-state index in [0.29, 0.717) is 6.04 Å². The van der Waals surface area contributed by atoms with Gasteiger partial charge in [0.25, 0.3) is 0 Å². The van der Waals surface area contributed by atoms with Crippen LogP contribution in [0.4, 0.5) is 11.4 Å². The molecule has 0 saturated carbocycles. The number of fused-ring (bicyclic) bond motifs is 1. The molecule has 1 unspecified atom stereocenters. The van der Waals surface area contributed by atoms with E-state index in [1.165, 1.54) is 41.9 Å². The average Bonchev–Trinajstić information content (AvgIpc) is 2.91. The lowest BCUT2D eigenvalue weighted by Crippen LogP contribution is -2.13. The molecule has 0 bridgehead atoms. The van der Waals surface area contributed by atoms with Crippen molar-refractivity contribution in [3.8, 4) is 0 Å². The van der Waals surface area contributed by atoms with Gasteiger partial charge in [0.1, 0.15) is 0 Å². The molecule has 1 aromatic heterocycles. The van der Waals surface area contributed by atoms with Gasteiger partial charge in [0.2, 0.25) is 0 Å². The molecule has 0 spiro atoms. The van der Waals surface area contributed by atoms with Crippen LogP contribution >= 0.6 is 11.3 Å². The Morgan fingerprint density at radius 1 is 1.14 bits per heavy atom. The van der Waals surface area contributed by atoms with E-state index < -0.39 is 0 Å². The van der Waals surface area contributed by atoms with Crippen molar-refractivity contribution in [1.82, 2.24) is 0 Å². The molecule has 1 N–H and O–H groups in total. The Morgan fingerprint density at radius 2 is 1.90 bits per heavy atom. The predicted octanol–water partition coefficient (Wildman–Crippen LogP) is 4.87. The maximum Gasteiger partial charge on any atom is 0.0596 e. The first kappa shape index (κ1) is 14.5. The summed E-state index contributed by atoms with van der Waals surface area (Å²) in [6.07, 6.45) is 5.26. The van der Waals surface area contributed by atoms with Crippen molar-refractivity contribution in [3.05, 3.63) is 45.6 Å². The summed E-state index contributed by atoms with van der Waals surface area (Å²) in [5.74, 6) is 0. The van der Waals surface area contributed by atoms with Gasteiger partial charge in [0, 0.05) is 23.8 Å². The first-order valence-electron chi connectivity index (χ1n) is 7.79. The Bertz CT molecular complexity index is 592. The van der Waals surface area contributed by atoms with Gasteiger partial charge in [0.05, 0.1) is 17.4 Å². The third-order valence-electron chi connectivity index (χ3n) is 4.20. The molecule has 112 valence electrons. The average molecular weight is 300 g/mol. The molecule has 1 aliphatic rings. The molecular weight excluding hydrogens is 276 g/mol. The molecule has 0 saturated heterocycles. The van der Waals surface area contributed by atoms with Crippen LogP contribution in [0.25, 0.3) is 0 Å². The van der Waals surface area contributed by atoms with Gasteiger partial charge in [0.15, 0.2) is 0 Å². The summed E-state index contributed by atoms with van der Waals surface area (Å²) in [6, 6.07) is 11.3. The molecule has 2 nitrogen and oxygen atoms in total. The van der Waals surface area contributed by atoms with Crippen molar-refractivity contribution in [3.63, 3.8) is 0 Å². The fourth-order valence-corrected chi connectivity index (χ4v) is 4.28. The van der Waals surface area contributed by atoms with Crippen LogP contribution in [-0.2, 0) is 12.8 Å². The van der Waals surface area contributed by atoms with E-state index in [4.69, 9.17) is 0 Å². The van der Waals surface area contributed by atoms with Crippen molar-refractivity contribution >= 4 is 22.7 Å². The van der Waals surface area contributed by atoms with Gasteiger partial charge >= 0.3 is 0 Å². The molecule has 1 heterocycles. The smallest absolute Gasteiger partial charge is 0.0596 e. The van der Waals surface area contributed by atoms with E-state index in [0.717, 1.165) is 0 Å².